The third-order valence-corrected chi connectivity index (χ3v) is 1.89. The summed E-state index contributed by atoms with van der Waals surface area (Å²) in [6, 6.07) is 0. The lowest BCUT2D eigenvalue weighted by Crippen LogP contribution is -2.37. The molecule has 0 aromatic rings. The van der Waals surface area contributed by atoms with Gasteiger partial charge in [-0.1, -0.05) is 13.8 Å². The largest absolute Gasteiger partial charge is 0.400 e. The van der Waals surface area contributed by atoms with E-state index >= 15 is 0 Å². The van der Waals surface area contributed by atoms with Crippen molar-refractivity contribution in [3.8, 4) is 0 Å². The van der Waals surface area contributed by atoms with E-state index in [1.165, 1.54) is 0 Å². The third-order valence-electron chi connectivity index (χ3n) is 1.89. The third kappa shape index (κ3) is 2.84. The molecule has 3 heteroatoms. The summed E-state index contributed by atoms with van der Waals surface area (Å²) < 4.78 is 5.18. The van der Waals surface area contributed by atoms with Crippen LogP contribution in [0.25, 0.3) is 0 Å². The van der Waals surface area contributed by atoms with Crippen LogP contribution in [0.5, 0.6) is 0 Å². The van der Waals surface area contributed by atoms with Crippen molar-refractivity contribution in [1.29, 1.82) is 0 Å². The van der Waals surface area contributed by atoms with E-state index in [9.17, 15) is 5.11 Å². The Hall–Kier alpha value is -0.0151. The van der Waals surface area contributed by atoms with Gasteiger partial charge < -0.3 is 9.84 Å². The molecule has 1 aliphatic heterocycles. The van der Waals surface area contributed by atoms with Crippen LogP contribution in [-0.2, 0) is 4.74 Å². The Bertz CT molecular complexity index is 145. The molecule has 11 heavy (non-hydrogen) atoms. The normalized spacial score (nSPS) is 25.0. The summed E-state index contributed by atoms with van der Waals surface area (Å²) in [5.41, 5.74) is -0.699. The van der Waals surface area contributed by atoms with Crippen LogP contribution in [0.4, 0.5) is 0 Å². The maximum absolute atomic E-state index is 9.52. The molecule has 0 bridgehead atoms. The van der Waals surface area contributed by atoms with Gasteiger partial charge in [0.25, 0.3) is 0 Å². The van der Waals surface area contributed by atoms with Crippen LogP contribution in [0.2, 0.25) is 5.31 Å². The number of aliphatic hydroxyl groups is 1. The molecular weight excluding hydrogens is 139 g/mol. The fraction of sp³-hybridized carbons (Fsp3) is 1.00. The van der Waals surface area contributed by atoms with Crippen molar-refractivity contribution in [3.63, 3.8) is 0 Å². The first-order valence-electron chi connectivity index (χ1n) is 4.02. The molecule has 1 heterocycles. The summed E-state index contributed by atoms with van der Waals surface area (Å²) >= 11 is 0. The van der Waals surface area contributed by atoms with Crippen LogP contribution in [0.15, 0.2) is 0 Å². The van der Waals surface area contributed by atoms with Crippen LogP contribution in [0.3, 0.4) is 0 Å². The van der Waals surface area contributed by atoms with E-state index in [2.05, 4.69) is 13.8 Å². The van der Waals surface area contributed by atoms with Gasteiger partial charge in [0.15, 0.2) is 7.28 Å². The average Bonchev–Trinajstić information content (AvgIpc) is 2.30. The van der Waals surface area contributed by atoms with Gasteiger partial charge in [-0.25, -0.2) is 0 Å². The van der Waals surface area contributed by atoms with Gasteiger partial charge in [0.2, 0.25) is 0 Å². The fourth-order valence-corrected chi connectivity index (χ4v) is 1.48. The van der Waals surface area contributed by atoms with E-state index in [-0.39, 0.29) is 5.31 Å². The van der Waals surface area contributed by atoms with Gasteiger partial charge in [-0.15, -0.1) is 0 Å². The minimum absolute atomic E-state index is 0.00174. The van der Waals surface area contributed by atoms with Crippen molar-refractivity contribution >= 4 is 7.28 Å². The zero-order chi connectivity index (χ0) is 8.70. The van der Waals surface area contributed by atoms with Crippen LogP contribution >= 0.6 is 0 Å². The van der Waals surface area contributed by atoms with Crippen molar-refractivity contribution in [2.45, 2.75) is 44.6 Å². The molecule has 1 N–H and O–H groups in total. The fourth-order valence-electron chi connectivity index (χ4n) is 1.48. The number of hydrogen-bond donors (Lipinski definition) is 1. The molecular formula is C8H16BO2. The van der Waals surface area contributed by atoms with Gasteiger partial charge in [-0.3, -0.25) is 0 Å². The highest BCUT2D eigenvalue weighted by Gasteiger charge is 2.42. The second-order valence-electron chi connectivity index (χ2n) is 4.44. The highest BCUT2D eigenvalue weighted by atomic mass is 16.6. The van der Waals surface area contributed by atoms with Crippen LogP contribution in [0, 0.1) is 0 Å². The van der Waals surface area contributed by atoms with Crippen LogP contribution in [-0.4, -0.2) is 30.6 Å². The number of ether oxygens (including phenoxy) is 1. The van der Waals surface area contributed by atoms with Gasteiger partial charge in [0.1, 0.15) is 0 Å². The lowest BCUT2D eigenvalue weighted by Gasteiger charge is -2.28. The monoisotopic (exact) mass is 155 g/mol. The number of rotatable bonds is 3. The Kier molecular flexibility index (Phi) is 2.06. The first-order valence-corrected chi connectivity index (χ1v) is 4.02. The van der Waals surface area contributed by atoms with E-state index in [0.29, 0.717) is 6.10 Å². The highest BCUT2D eigenvalue weighted by molar-refractivity contribution is 6.43. The van der Waals surface area contributed by atoms with Crippen molar-refractivity contribution in [2.24, 2.45) is 0 Å². The second kappa shape index (κ2) is 2.49. The molecule has 1 unspecified atom stereocenters. The van der Waals surface area contributed by atoms with E-state index < -0.39 is 5.50 Å². The minimum atomic E-state index is -0.699. The van der Waals surface area contributed by atoms with Gasteiger partial charge in [0.05, 0.1) is 12.7 Å². The minimum Gasteiger partial charge on any atom is -0.400 e. The molecule has 0 saturated carbocycles. The SMILES string of the molecule is CC(C)(O)[B]C(C)(C)C1CO1. The smallest absolute Gasteiger partial charge is 0.163 e. The van der Waals surface area contributed by atoms with Gasteiger partial charge >= 0.3 is 0 Å². The maximum atomic E-state index is 9.52. The van der Waals surface area contributed by atoms with Crippen molar-refractivity contribution in [1.82, 2.24) is 0 Å². The Labute approximate surface area is 69.2 Å². The first kappa shape index (κ1) is 9.08. The van der Waals surface area contributed by atoms with Gasteiger partial charge in [0, 0.05) is 5.50 Å². The van der Waals surface area contributed by atoms with E-state index in [1.807, 2.05) is 7.28 Å². The number of hydrogen-bond acceptors (Lipinski definition) is 2. The Morgan fingerprint density at radius 2 is 1.82 bits per heavy atom. The molecule has 63 valence electrons. The molecule has 1 radical (unpaired) electrons. The average molecular weight is 155 g/mol. The Morgan fingerprint density at radius 3 is 2.09 bits per heavy atom. The summed E-state index contributed by atoms with van der Waals surface area (Å²) in [5.74, 6) is 0. The Morgan fingerprint density at radius 1 is 1.36 bits per heavy atom. The zero-order valence-corrected chi connectivity index (χ0v) is 7.72. The molecule has 0 aromatic heterocycles. The molecule has 0 aliphatic carbocycles. The van der Waals surface area contributed by atoms with Crippen molar-refractivity contribution in [2.75, 3.05) is 6.61 Å². The van der Waals surface area contributed by atoms with E-state index in [4.69, 9.17) is 4.74 Å². The standard InChI is InChI=1S/C8H16BO2/c1-7(2,6-5-11-6)9-8(3,4)10/h6,10H,5H2,1-4H3. The molecule has 2 nitrogen and oxygen atoms in total. The summed E-state index contributed by atoms with van der Waals surface area (Å²) in [4.78, 5) is 0. The quantitative estimate of drug-likeness (QED) is 0.487. The lowest BCUT2D eigenvalue weighted by atomic mass is 9.44. The van der Waals surface area contributed by atoms with Crippen LogP contribution in [0.1, 0.15) is 27.7 Å². The molecule has 0 amide bonds. The van der Waals surface area contributed by atoms with Crippen LogP contribution < -0.4 is 0 Å². The molecule has 1 rings (SSSR count). The molecule has 1 aliphatic rings. The summed E-state index contributed by atoms with van der Waals surface area (Å²) in [6.07, 6.45) is 0.314. The summed E-state index contributed by atoms with van der Waals surface area (Å²) in [6.45, 7) is 8.58. The number of epoxide rings is 1. The predicted molar refractivity (Wildman–Crippen MR) is 45.8 cm³/mol. The molecule has 1 fully saturated rings. The van der Waals surface area contributed by atoms with Crippen molar-refractivity contribution in [3.05, 3.63) is 0 Å². The highest BCUT2D eigenvalue weighted by Crippen LogP contribution is 2.39. The van der Waals surface area contributed by atoms with E-state index in [1.54, 1.807) is 13.8 Å². The van der Waals surface area contributed by atoms with E-state index in [0.717, 1.165) is 6.61 Å². The second-order valence-corrected chi connectivity index (χ2v) is 4.44. The molecule has 1 saturated heterocycles. The van der Waals surface area contributed by atoms with Gasteiger partial charge in [-0.05, 0) is 19.2 Å². The first-order chi connectivity index (χ1) is 4.81. The lowest BCUT2D eigenvalue weighted by molar-refractivity contribution is 0.159. The topological polar surface area (TPSA) is 32.8 Å². The van der Waals surface area contributed by atoms with Gasteiger partial charge in [-0.2, -0.15) is 0 Å². The maximum Gasteiger partial charge on any atom is 0.163 e. The summed E-state index contributed by atoms with van der Waals surface area (Å²) in [5, 5.41) is 9.52. The summed E-state index contributed by atoms with van der Waals surface area (Å²) in [7, 11) is 1.94. The molecule has 0 spiro atoms. The molecule has 1 atom stereocenters. The Balaban J connectivity index is 2.45. The van der Waals surface area contributed by atoms with Crippen molar-refractivity contribution < 1.29 is 9.84 Å². The zero-order valence-electron chi connectivity index (χ0n) is 7.72. The predicted octanol–water partition coefficient (Wildman–Crippen LogP) is 1.02. The molecule has 0 aromatic carbocycles.